The molecule has 36 heavy (non-hydrogen) atoms. The Morgan fingerprint density at radius 2 is 1.69 bits per heavy atom. The average Bonchev–Trinajstić information content (AvgIpc) is 3.05. The summed E-state index contributed by atoms with van der Waals surface area (Å²) in [5.74, 6) is -1.12. The van der Waals surface area contributed by atoms with E-state index in [1.165, 1.54) is 24.4 Å². The number of nitrogens with one attached hydrogen (secondary N) is 1. The van der Waals surface area contributed by atoms with Crippen LogP contribution in [-0.4, -0.2) is 25.3 Å². The van der Waals surface area contributed by atoms with Gasteiger partial charge in [-0.2, -0.15) is 13.2 Å². The van der Waals surface area contributed by atoms with E-state index in [4.69, 9.17) is 0 Å². The van der Waals surface area contributed by atoms with E-state index in [1.54, 1.807) is 25.3 Å². The van der Waals surface area contributed by atoms with Crippen molar-refractivity contribution in [3.05, 3.63) is 53.6 Å². The van der Waals surface area contributed by atoms with E-state index in [0.29, 0.717) is 29.7 Å². The van der Waals surface area contributed by atoms with Gasteiger partial charge in [0.1, 0.15) is 16.6 Å². The van der Waals surface area contributed by atoms with Crippen molar-refractivity contribution in [1.82, 2.24) is 14.3 Å². The topological polar surface area (TPSA) is 52.9 Å². The van der Waals surface area contributed by atoms with Gasteiger partial charge in [0.25, 0.3) is 6.43 Å². The van der Waals surface area contributed by atoms with Crippen molar-refractivity contribution >= 4 is 22.3 Å². The lowest BCUT2D eigenvalue weighted by molar-refractivity contribution is -0.137. The molecule has 0 fully saturated rings. The third-order valence-corrected chi connectivity index (χ3v) is 6.95. The predicted octanol–water partition coefficient (Wildman–Crippen LogP) is 7.27. The quantitative estimate of drug-likeness (QED) is 0.268. The molecule has 1 aromatic carbocycles. The van der Waals surface area contributed by atoms with Gasteiger partial charge in [-0.25, -0.2) is 13.2 Å². The van der Waals surface area contributed by atoms with Crippen molar-refractivity contribution in [2.75, 3.05) is 0 Å². The Labute approximate surface area is 209 Å². The molecule has 0 radical (unpaired) electrons. The van der Waals surface area contributed by atoms with Crippen molar-refractivity contribution in [1.29, 1.82) is 0 Å². The highest BCUT2D eigenvalue weighted by Gasteiger charge is 2.37. The zero-order valence-electron chi connectivity index (χ0n) is 20.8. The molecular weight excluding hydrogens is 504 g/mol. The summed E-state index contributed by atoms with van der Waals surface area (Å²) in [6, 6.07) is 3.02. The van der Waals surface area contributed by atoms with Crippen molar-refractivity contribution in [3.63, 3.8) is 0 Å². The summed E-state index contributed by atoms with van der Waals surface area (Å²) < 4.78 is 98.9. The standard InChI is InChI=1S/C25H29F6N3OS/c1-23(2,3)13-34-12-17(21(22(27)28)33-36(35)24(4,5)6)16-8-7-14(9-19(16)34)20-18(25(29,30)31)10-15(26)11-32-20/h7-12,21-22,33H,13H2,1-6H3/t21-,36-/m0/s1. The van der Waals surface area contributed by atoms with Gasteiger partial charge in [-0.15, -0.1) is 4.72 Å². The maximum absolute atomic E-state index is 14.2. The van der Waals surface area contributed by atoms with Crippen molar-refractivity contribution in [2.24, 2.45) is 5.41 Å². The summed E-state index contributed by atoms with van der Waals surface area (Å²) in [5.41, 5.74) is -1.35. The van der Waals surface area contributed by atoms with Gasteiger partial charge < -0.3 is 9.12 Å². The first-order chi connectivity index (χ1) is 16.4. The maximum Gasteiger partial charge on any atom is 0.418 e. The highest BCUT2D eigenvalue weighted by atomic mass is 32.2. The van der Waals surface area contributed by atoms with E-state index in [9.17, 15) is 30.9 Å². The summed E-state index contributed by atoms with van der Waals surface area (Å²) in [6.45, 7) is 11.1. The van der Waals surface area contributed by atoms with Gasteiger partial charge in [0.2, 0.25) is 0 Å². The summed E-state index contributed by atoms with van der Waals surface area (Å²) >= 11 is -1.80. The molecule has 4 nitrogen and oxygen atoms in total. The molecule has 0 saturated carbocycles. The fourth-order valence-electron chi connectivity index (χ4n) is 3.79. The highest BCUT2D eigenvalue weighted by molar-refractivity contribution is 7.90. The normalized spacial score (nSPS) is 15.1. The maximum atomic E-state index is 14.2. The van der Waals surface area contributed by atoms with Gasteiger partial charge in [-0.05, 0) is 38.3 Å². The van der Waals surface area contributed by atoms with Crippen LogP contribution in [0.3, 0.4) is 0 Å². The van der Waals surface area contributed by atoms with Crippen LogP contribution in [-0.2, 0) is 24.1 Å². The van der Waals surface area contributed by atoms with Crippen LogP contribution in [0.15, 0.2) is 36.7 Å². The summed E-state index contributed by atoms with van der Waals surface area (Å²) in [5, 5.41) is 0.377. The first-order valence-corrected chi connectivity index (χ1v) is 12.4. The molecule has 0 spiro atoms. The minimum Gasteiger partial charge on any atom is -0.598 e. The molecule has 2 aromatic heterocycles. The summed E-state index contributed by atoms with van der Waals surface area (Å²) in [4.78, 5) is 3.69. The number of hydrogen-bond acceptors (Lipinski definition) is 3. The first kappa shape index (κ1) is 28.3. The lowest BCUT2D eigenvalue weighted by atomic mass is 9.97. The SMILES string of the molecule is CC(C)(C)Cn1cc([C@H](N[S@@+]([O-])C(C)(C)C)C(F)F)c2ccc(-c3ncc(F)cc3C(F)(F)F)cc21. The minimum atomic E-state index is -4.85. The number of hydrogen-bond donors (Lipinski definition) is 1. The second-order valence-electron chi connectivity index (χ2n) is 10.9. The smallest absolute Gasteiger partial charge is 0.418 e. The molecule has 0 aliphatic carbocycles. The summed E-state index contributed by atoms with van der Waals surface area (Å²) in [6.07, 6.45) is -5.53. The van der Waals surface area contributed by atoms with Gasteiger partial charge in [-0.1, -0.05) is 32.9 Å². The number of halogens is 6. The Bertz CT molecular complexity index is 1230. The van der Waals surface area contributed by atoms with E-state index in [0.717, 1.165) is 0 Å². The van der Waals surface area contributed by atoms with Gasteiger partial charge in [0.15, 0.2) is 0 Å². The first-order valence-electron chi connectivity index (χ1n) is 11.2. The Morgan fingerprint density at radius 3 is 2.22 bits per heavy atom. The third-order valence-electron chi connectivity index (χ3n) is 5.37. The molecule has 2 atom stereocenters. The lowest BCUT2D eigenvalue weighted by Crippen LogP contribution is -2.43. The van der Waals surface area contributed by atoms with Crippen molar-refractivity contribution < 1.29 is 30.9 Å². The van der Waals surface area contributed by atoms with Crippen LogP contribution in [0.5, 0.6) is 0 Å². The molecule has 2 heterocycles. The molecule has 11 heteroatoms. The Kier molecular flexibility index (Phi) is 7.80. The lowest BCUT2D eigenvalue weighted by Gasteiger charge is -2.27. The highest BCUT2D eigenvalue weighted by Crippen LogP contribution is 2.39. The van der Waals surface area contributed by atoms with Crippen molar-refractivity contribution in [3.8, 4) is 11.3 Å². The Balaban J connectivity index is 2.23. The minimum absolute atomic E-state index is 0.0643. The van der Waals surface area contributed by atoms with Crippen LogP contribution >= 0.6 is 0 Å². The third kappa shape index (κ3) is 6.36. The van der Waals surface area contributed by atoms with Gasteiger partial charge in [-0.3, -0.25) is 4.98 Å². The molecule has 1 N–H and O–H groups in total. The van der Waals surface area contributed by atoms with Crippen molar-refractivity contribution in [2.45, 2.75) is 71.5 Å². The molecule has 0 saturated heterocycles. The molecule has 198 valence electrons. The number of nitrogens with zero attached hydrogens (tertiary/aromatic N) is 2. The second-order valence-corrected chi connectivity index (χ2v) is 12.9. The predicted molar refractivity (Wildman–Crippen MR) is 129 cm³/mol. The average molecular weight is 534 g/mol. The largest absolute Gasteiger partial charge is 0.598 e. The zero-order valence-corrected chi connectivity index (χ0v) is 21.6. The van der Waals surface area contributed by atoms with E-state index >= 15 is 0 Å². The van der Waals surface area contributed by atoms with E-state index in [-0.39, 0.29) is 16.5 Å². The van der Waals surface area contributed by atoms with Crippen LogP contribution in [0.1, 0.15) is 58.7 Å². The van der Waals surface area contributed by atoms with Crippen LogP contribution < -0.4 is 4.72 Å². The van der Waals surface area contributed by atoms with E-state index in [2.05, 4.69) is 9.71 Å². The Morgan fingerprint density at radius 1 is 1.06 bits per heavy atom. The molecule has 0 amide bonds. The molecule has 0 unspecified atom stereocenters. The van der Waals surface area contributed by atoms with Crippen LogP contribution in [0.4, 0.5) is 26.3 Å². The number of pyridine rings is 1. The number of fused-ring (bicyclic) bond motifs is 1. The number of aromatic nitrogens is 2. The fourth-order valence-corrected chi connectivity index (χ4v) is 4.60. The monoisotopic (exact) mass is 533 g/mol. The van der Waals surface area contributed by atoms with Gasteiger partial charge in [0, 0.05) is 46.1 Å². The molecular formula is C25H29F6N3OS. The zero-order chi connectivity index (χ0) is 27.2. The van der Waals surface area contributed by atoms with Crippen LogP contribution in [0.25, 0.3) is 22.2 Å². The van der Waals surface area contributed by atoms with E-state index in [1.807, 2.05) is 20.8 Å². The van der Waals surface area contributed by atoms with Crippen LogP contribution in [0.2, 0.25) is 0 Å². The Hall–Kier alpha value is -2.24. The fraction of sp³-hybridized carbons (Fsp3) is 0.480. The summed E-state index contributed by atoms with van der Waals surface area (Å²) in [7, 11) is 0. The molecule has 0 bridgehead atoms. The molecule has 3 aromatic rings. The number of alkyl halides is 5. The molecule has 3 rings (SSSR count). The number of benzene rings is 1. The second kappa shape index (κ2) is 9.90. The van der Waals surface area contributed by atoms with E-state index < -0.39 is 51.8 Å². The van der Waals surface area contributed by atoms with Crippen LogP contribution in [0, 0.1) is 11.2 Å². The van der Waals surface area contributed by atoms with Gasteiger partial charge in [0.05, 0.1) is 17.5 Å². The molecule has 0 aliphatic heterocycles. The number of rotatable bonds is 6. The van der Waals surface area contributed by atoms with Gasteiger partial charge >= 0.3 is 6.18 Å². The molecule has 0 aliphatic rings.